The number of sulfonamides is 1. The van der Waals surface area contributed by atoms with Gasteiger partial charge >= 0.3 is 0 Å². The maximum atomic E-state index is 11.5. The van der Waals surface area contributed by atoms with E-state index in [1.54, 1.807) is 18.2 Å². The van der Waals surface area contributed by atoms with Crippen molar-refractivity contribution in [1.82, 2.24) is 4.98 Å². The van der Waals surface area contributed by atoms with Gasteiger partial charge in [0.05, 0.1) is 16.7 Å². The summed E-state index contributed by atoms with van der Waals surface area (Å²) in [5.41, 5.74) is 1.18. The number of nitro benzene ring substituents is 1. The van der Waals surface area contributed by atoms with Gasteiger partial charge in [0.2, 0.25) is 10.0 Å². The molecule has 2 aromatic rings. The van der Waals surface area contributed by atoms with Gasteiger partial charge in [0, 0.05) is 23.1 Å². The normalized spacial score (nSPS) is 15.1. The minimum Gasteiger partial charge on any atom is -0.277 e. The average Bonchev–Trinajstić information content (AvgIpc) is 3.20. The maximum Gasteiger partial charge on any atom is 0.294 e. The standard InChI is InChI=1S/C13H13N3O4S/c1-21(19,20)15-13-9-4-5-10(8-2-3-8)14-11(9)6-7-12(13)16(17)18/h4-8,15H,2-3H2,1H3. The Bertz CT molecular complexity index is 844. The van der Waals surface area contributed by atoms with Crippen LogP contribution >= 0.6 is 0 Å². The third-order valence-electron chi connectivity index (χ3n) is 3.35. The van der Waals surface area contributed by atoms with E-state index in [0.717, 1.165) is 24.8 Å². The van der Waals surface area contributed by atoms with Crippen molar-refractivity contribution in [2.75, 3.05) is 11.0 Å². The van der Waals surface area contributed by atoms with Crippen LogP contribution < -0.4 is 4.72 Å². The first-order chi connectivity index (χ1) is 9.85. The Hall–Kier alpha value is -2.22. The monoisotopic (exact) mass is 307 g/mol. The van der Waals surface area contributed by atoms with Crippen molar-refractivity contribution < 1.29 is 13.3 Å². The van der Waals surface area contributed by atoms with Crippen molar-refractivity contribution in [3.63, 3.8) is 0 Å². The molecule has 0 unspecified atom stereocenters. The Morgan fingerprint density at radius 3 is 2.57 bits per heavy atom. The van der Waals surface area contributed by atoms with Crippen LogP contribution in [0.25, 0.3) is 10.9 Å². The van der Waals surface area contributed by atoms with Gasteiger partial charge in [0.25, 0.3) is 5.69 Å². The molecule has 0 bridgehead atoms. The van der Waals surface area contributed by atoms with Crippen LogP contribution in [0, 0.1) is 10.1 Å². The molecule has 7 nitrogen and oxygen atoms in total. The molecule has 1 aliphatic carbocycles. The van der Waals surface area contributed by atoms with Crippen LogP contribution in [0.3, 0.4) is 0 Å². The number of fused-ring (bicyclic) bond motifs is 1. The Balaban J connectivity index is 2.22. The fourth-order valence-electron chi connectivity index (χ4n) is 2.26. The van der Waals surface area contributed by atoms with Crippen LogP contribution in [0.5, 0.6) is 0 Å². The molecule has 1 fully saturated rings. The summed E-state index contributed by atoms with van der Waals surface area (Å²) in [5, 5.41) is 11.5. The van der Waals surface area contributed by atoms with Crippen LogP contribution in [0.2, 0.25) is 0 Å². The highest BCUT2D eigenvalue weighted by Gasteiger charge is 2.26. The van der Waals surface area contributed by atoms with E-state index in [2.05, 4.69) is 9.71 Å². The van der Waals surface area contributed by atoms with Gasteiger partial charge in [-0.25, -0.2) is 8.42 Å². The quantitative estimate of drug-likeness (QED) is 0.690. The van der Waals surface area contributed by atoms with Crippen molar-refractivity contribution in [3.8, 4) is 0 Å². The largest absolute Gasteiger partial charge is 0.294 e. The minimum absolute atomic E-state index is 0.0325. The summed E-state index contributed by atoms with van der Waals surface area (Å²) in [6.07, 6.45) is 3.15. The fourth-order valence-corrected chi connectivity index (χ4v) is 2.84. The van der Waals surface area contributed by atoms with E-state index in [9.17, 15) is 18.5 Å². The fraction of sp³-hybridized carbons (Fsp3) is 0.308. The molecule has 21 heavy (non-hydrogen) atoms. The molecule has 0 atom stereocenters. The number of pyridine rings is 1. The molecule has 0 aliphatic heterocycles. The molecule has 1 N–H and O–H groups in total. The van der Waals surface area contributed by atoms with Crippen LogP contribution in [-0.2, 0) is 10.0 Å². The second-order valence-corrected chi connectivity index (χ2v) is 6.92. The number of hydrogen-bond donors (Lipinski definition) is 1. The molecule has 0 radical (unpaired) electrons. The van der Waals surface area contributed by atoms with Gasteiger partial charge in [0.1, 0.15) is 5.69 Å². The number of anilines is 1. The second-order valence-electron chi connectivity index (χ2n) is 5.17. The number of nitrogens with one attached hydrogen (secondary N) is 1. The molecule has 110 valence electrons. The topological polar surface area (TPSA) is 102 Å². The van der Waals surface area contributed by atoms with Crippen LogP contribution in [0.1, 0.15) is 24.5 Å². The number of hydrogen-bond acceptors (Lipinski definition) is 5. The zero-order valence-electron chi connectivity index (χ0n) is 11.2. The summed E-state index contributed by atoms with van der Waals surface area (Å²) in [7, 11) is -3.62. The number of nitro groups is 1. The first kappa shape index (κ1) is 13.7. The number of rotatable bonds is 4. The molecular weight excluding hydrogens is 294 g/mol. The molecule has 1 aromatic heterocycles. The molecule has 1 aliphatic rings. The summed E-state index contributed by atoms with van der Waals surface area (Å²) in [4.78, 5) is 14.9. The highest BCUT2D eigenvalue weighted by atomic mass is 32.2. The second kappa shape index (κ2) is 4.66. The van der Waals surface area contributed by atoms with Crippen molar-refractivity contribution in [3.05, 3.63) is 40.1 Å². The molecule has 3 rings (SSSR count). The van der Waals surface area contributed by atoms with Gasteiger partial charge in [0.15, 0.2) is 0 Å². The summed E-state index contributed by atoms with van der Waals surface area (Å²) in [6.45, 7) is 0. The third-order valence-corrected chi connectivity index (χ3v) is 3.93. The van der Waals surface area contributed by atoms with Crippen molar-refractivity contribution >= 4 is 32.3 Å². The first-order valence-electron chi connectivity index (χ1n) is 6.41. The lowest BCUT2D eigenvalue weighted by molar-refractivity contribution is -0.383. The van der Waals surface area contributed by atoms with Gasteiger partial charge in [-0.05, 0) is 31.0 Å². The van der Waals surface area contributed by atoms with Crippen LogP contribution in [-0.4, -0.2) is 24.6 Å². The Morgan fingerprint density at radius 1 is 1.29 bits per heavy atom. The molecule has 1 aromatic carbocycles. The van der Waals surface area contributed by atoms with E-state index >= 15 is 0 Å². The summed E-state index contributed by atoms with van der Waals surface area (Å²) in [6, 6.07) is 6.32. The molecule has 0 saturated heterocycles. The zero-order valence-corrected chi connectivity index (χ0v) is 12.1. The summed E-state index contributed by atoms with van der Waals surface area (Å²) in [5.74, 6) is 0.455. The maximum absolute atomic E-state index is 11.5. The van der Waals surface area contributed by atoms with Gasteiger partial charge < -0.3 is 0 Å². The number of nitrogens with zero attached hydrogens (tertiary/aromatic N) is 2. The molecular formula is C13H13N3O4S. The van der Waals surface area contributed by atoms with E-state index in [0.29, 0.717) is 16.8 Å². The average molecular weight is 307 g/mol. The Morgan fingerprint density at radius 2 is 2.00 bits per heavy atom. The number of benzene rings is 1. The molecule has 1 heterocycles. The van der Waals surface area contributed by atoms with E-state index in [4.69, 9.17) is 0 Å². The lowest BCUT2D eigenvalue weighted by Gasteiger charge is -2.09. The predicted octanol–water partition coefficient (Wildman–Crippen LogP) is 2.39. The smallest absolute Gasteiger partial charge is 0.277 e. The third kappa shape index (κ3) is 2.80. The van der Waals surface area contributed by atoms with Crippen molar-refractivity contribution in [2.24, 2.45) is 0 Å². The van der Waals surface area contributed by atoms with Crippen molar-refractivity contribution in [2.45, 2.75) is 18.8 Å². The lowest BCUT2D eigenvalue weighted by atomic mass is 10.1. The first-order valence-corrected chi connectivity index (χ1v) is 8.30. The highest BCUT2D eigenvalue weighted by Crippen LogP contribution is 2.40. The molecule has 1 saturated carbocycles. The zero-order chi connectivity index (χ0) is 15.2. The van der Waals surface area contributed by atoms with E-state index in [-0.39, 0.29) is 11.4 Å². The van der Waals surface area contributed by atoms with Gasteiger partial charge in [-0.3, -0.25) is 19.8 Å². The Kier molecular flexibility index (Phi) is 3.05. The molecule has 8 heteroatoms. The Labute approximate surface area is 121 Å². The highest BCUT2D eigenvalue weighted by molar-refractivity contribution is 7.92. The van der Waals surface area contributed by atoms with Crippen LogP contribution in [0.4, 0.5) is 11.4 Å². The van der Waals surface area contributed by atoms with Gasteiger partial charge in [-0.1, -0.05) is 0 Å². The van der Waals surface area contributed by atoms with Crippen LogP contribution in [0.15, 0.2) is 24.3 Å². The van der Waals surface area contributed by atoms with Crippen molar-refractivity contribution in [1.29, 1.82) is 0 Å². The lowest BCUT2D eigenvalue weighted by Crippen LogP contribution is -2.11. The summed E-state index contributed by atoms with van der Waals surface area (Å²) < 4.78 is 25.1. The summed E-state index contributed by atoms with van der Waals surface area (Å²) >= 11 is 0. The predicted molar refractivity (Wildman–Crippen MR) is 78.8 cm³/mol. The SMILES string of the molecule is CS(=O)(=O)Nc1c([N+](=O)[O-])ccc2nc(C3CC3)ccc12. The van der Waals surface area contributed by atoms with E-state index in [1.165, 1.54) is 6.07 Å². The molecule has 0 amide bonds. The molecule has 0 spiro atoms. The van der Waals surface area contributed by atoms with Gasteiger partial charge in [-0.15, -0.1) is 0 Å². The number of aromatic nitrogens is 1. The minimum atomic E-state index is -3.62. The van der Waals surface area contributed by atoms with E-state index in [1.807, 2.05) is 0 Å². The van der Waals surface area contributed by atoms with Gasteiger partial charge in [-0.2, -0.15) is 0 Å². The van der Waals surface area contributed by atoms with E-state index < -0.39 is 14.9 Å².